The zero-order valence-electron chi connectivity index (χ0n) is 2.81. The Labute approximate surface area is 31.5 Å². The van der Waals surface area contributed by atoms with Crippen LogP contribution in [0.15, 0.2) is 0 Å². The van der Waals surface area contributed by atoms with Crippen LogP contribution in [0.3, 0.4) is 0 Å². The summed E-state index contributed by atoms with van der Waals surface area (Å²) < 4.78 is 13.6. The minimum absolute atomic E-state index is 0.289. The molecule has 0 bridgehead atoms. The van der Waals surface area contributed by atoms with Crippen LogP contribution in [0.2, 0.25) is 0 Å². The second kappa shape index (κ2) is 4.06. The molecule has 30 valence electrons. The van der Waals surface area contributed by atoms with E-state index in [9.17, 15) is 4.53 Å². The van der Waals surface area contributed by atoms with Gasteiger partial charge in [-0.15, -0.1) is 4.73 Å². The van der Waals surface area contributed by atoms with E-state index in [1.165, 1.54) is 0 Å². The first kappa shape index (κ1) is 5.06. The summed E-state index contributed by atoms with van der Waals surface area (Å²) in [5.41, 5.74) is 0. The largest absolute Gasteiger partial charge is 0.137 e. The third kappa shape index (κ3) is 4.06. The van der Waals surface area contributed by atoms with Gasteiger partial charge >= 0.3 is 0 Å². The molecule has 0 fully saturated rings. The molecule has 0 heterocycles. The van der Waals surface area contributed by atoms with E-state index in [1.54, 1.807) is 12.7 Å². The van der Waals surface area contributed by atoms with Crippen molar-refractivity contribution in [3.8, 4) is 0 Å². The summed E-state index contributed by atoms with van der Waals surface area (Å²) in [4.78, 5) is 0. The van der Waals surface area contributed by atoms with Crippen molar-refractivity contribution in [1.29, 1.82) is 0 Å². The minimum atomic E-state index is 0.289. The van der Waals surface area contributed by atoms with Gasteiger partial charge in [0, 0.05) is 0 Å². The van der Waals surface area contributed by atoms with Gasteiger partial charge in [-0.25, -0.2) is 0 Å². The van der Waals surface area contributed by atoms with E-state index in [4.69, 9.17) is 0 Å². The van der Waals surface area contributed by atoms with Crippen LogP contribution < -0.4 is 0 Å². The predicted molar refractivity (Wildman–Crippen MR) is 20.9 cm³/mol. The van der Waals surface area contributed by atoms with Crippen molar-refractivity contribution in [2.75, 3.05) is 0 Å². The van der Waals surface area contributed by atoms with Crippen molar-refractivity contribution < 1.29 is 9.25 Å². The Bertz CT molecular complexity index is 36.6. The molecule has 3 heteroatoms. The zero-order valence-corrected chi connectivity index (χ0v) is 3.71. The molecule has 5 heavy (non-hydrogen) atoms. The summed E-state index contributed by atoms with van der Waals surface area (Å²) in [5.74, 6) is 1.56. The van der Waals surface area contributed by atoms with Gasteiger partial charge < -0.3 is 0 Å². The Morgan fingerprint density at radius 3 is 2.60 bits per heavy atom. The van der Waals surface area contributed by atoms with Gasteiger partial charge in [-0.05, 0) is 17.2 Å². The fourth-order valence-electron chi connectivity index (χ4n) is 0.0398. The van der Waals surface area contributed by atoms with Crippen LogP contribution in [-0.4, -0.2) is 5.80 Å². The summed E-state index contributed by atoms with van der Waals surface area (Å²) >= 11 is 0. The SMILES string of the molecule is CC=POF. The maximum Gasteiger partial charge on any atom is 0.101 e. The number of hydrogen-bond donors (Lipinski definition) is 0. The van der Waals surface area contributed by atoms with Crippen LogP contribution in [0.4, 0.5) is 4.53 Å². The van der Waals surface area contributed by atoms with Gasteiger partial charge in [0.05, 0.1) is 0 Å². The lowest BCUT2D eigenvalue weighted by Crippen LogP contribution is -1.41. The van der Waals surface area contributed by atoms with Gasteiger partial charge in [0.15, 0.2) is 0 Å². The van der Waals surface area contributed by atoms with E-state index in [1.807, 2.05) is 0 Å². The molecule has 0 saturated carbocycles. The van der Waals surface area contributed by atoms with Gasteiger partial charge in [-0.3, -0.25) is 0 Å². The quantitative estimate of drug-likeness (QED) is 0.448. The van der Waals surface area contributed by atoms with Gasteiger partial charge in [0.25, 0.3) is 0 Å². The molecule has 0 aromatic heterocycles. The highest BCUT2D eigenvalue weighted by atomic mass is 31.1. The third-order valence-corrected chi connectivity index (χ3v) is 0.436. The molecule has 0 aromatic rings. The second-order valence-corrected chi connectivity index (χ2v) is 1.30. The molecule has 0 unspecified atom stereocenters. The second-order valence-electron chi connectivity index (χ2n) is 0.433. The zero-order chi connectivity index (χ0) is 4.12. The lowest BCUT2D eigenvalue weighted by Gasteiger charge is -1.61. The molecule has 0 rings (SSSR count). The van der Waals surface area contributed by atoms with E-state index in [2.05, 4.69) is 4.73 Å². The van der Waals surface area contributed by atoms with Gasteiger partial charge in [-0.2, -0.15) is 0 Å². The van der Waals surface area contributed by atoms with E-state index in [0.717, 1.165) is 0 Å². The van der Waals surface area contributed by atoms with Crippen molar-refractivity contribution in [3.05, 3.63) is 0 Å². The molecule has 0 amide bonds. The van der Waals surface area contributed by atoms with Crippen molar-refractivity contribution >= 4 is 14.2 Å². The first-order chi connectivity index (χ1) is 2.41. The van der Waals surface area contributed by atoms with Crippen molar-refractivity contribution in [2.45, 2.75) is 6.92 Å². The van der Waals surface area contributed by atoms with E-state index < -0.39 is 0 Å². The number of hydrogen-bond acceptors (Lipinski definition) is 1. The van der Waals surface area contributed by atoms with Gasteiger partial charge in [0.1, 0.15) is 8.43 Å². The highest BCUT2D eigenvalue weighted by molar-refractivity contribution is 7.32. The van der Waals surface area contributed by atoms with Gasteiger partial charge in [0.2, 0.25) is 0 Å². The Hall–Kier alpha value is 0.0600. The van der Waals surface area contributed by atoms with Crippen LogP contribution in [0, 0.1) is 0 Å². The van der Waals surface area contributed by atoms with Crippen molar-refractivity contribution in [3.63, 3.8) is 0 Å². The number of rotatable bonds is 1. The monoisotopic (exact) mass is 94.0 g/mol. The summed E-state index contributed by atoms with van der Waals surface area (Å²) in [7, 11) is 0.289. The topological polar surface area (TPSA) is 9.23 Å². The highest BCUT2D eigenvalue weighted by Crippen LogP contribution is 1.92. The average molecular weight is 94.0 g/mol. The molecule has 0 aromatic carbocycles. The summed E-state index contributed by atoms with van der Waals surface area (Å²) in [6.45, 7) is 1.71. The molecular formula is C2H4FOP. The fourth-order valence-corrected chi connectivity index (χ4v) is 0.120. The lowest BCUT2D eigenvalue weighted by atomic mass is 11.0. The average Bonchev–Trinajstić information content (AvgIpc) is 1.41. The Kier molecular flexibility index (Phi) is 4.11. The number of halogens is 1. The predicted octanol–water partition coefficient (Wildman–Crippen LogP) is 1.57. The van der Waals surface area contributed by atoms with Crippen molar-refractivity contribution in [2.24, 2.45) is 0 Å². The smallest absolute Gasteiger partial charge is 0.101 e. The standard InChI is InChI=1S/C2H4FOP/c1-2-5-4-3/h2H,1H3. The van der Waals surface area contributed by atoms with Crippen LogP contribution in [0.5, 0.6) is 0 Å². The normalized spacial score (nSPS) is 10.0. The molecule has 0 radical (unpaired) electrons. The molecule has 0 aliphatic heterocycles. The Balaban J connectivity index is 2.62. The molecule has 0 aliphatic rings. The molecule has 1 nitrogen and oxygen atoms in total. The Morgan fingerprint density at radius 1 is 2.00 bits per heavy atom. The van der Waals surface area contributed by atoms with Crippen LogP contribution in [0.1, 0.15) is 6.92 Å². The summed E-state index contributed by atoms with van der Waals surface area (Å²) in [5, 5.41) is 0. The van der Waals surface area contributed by atoms with Crippen molar-refractivity contribution in [1.82, 2.24) is 0 Å². The molecule has 0 saturated heterocycles. The molecule has 0 spiro atoms. The first-order valence-electron chi connectivity index (χ1n) is 1.17. The highest BCUT2D eigenvalue weighted by Gasteiger charge is 1.56. The molecule has 0 atom stereocenters. The molecular weight excluding hydrogens is 90.0 g/mol. The Morgan fingerprint density at radius 2 is 2.60 bits per heavy atom. The first-order valence-corrected chi connectivity index (χ1v) is 2.05. The maximum absolute atomic E-state index is 10.4. The van der Waals surface area contributed by atoms with E-state index in [-0.39, 0.29) is 8.43 Å². The van der Waals surface area contributed by atoms with Crippen LogP contribution in [0.25, 0.3) is 0 Å². The van der Waals surface area contributed by atoms with E-state index in [0.29, 0.717) is 0 Å². The van der Waals surface area contributed by atoms with Crippen LogP contribution in [-0.2, 0) is 4.73 Å². The maximum atomic E-state index is 10.4. The van der Waals surface area contributed by atoms with Gasteiger partial charge in [-0.1, -0.05) is 0 Å². The third-order valence-electron chi connectivity index (χ3n) is 0.145. The molecule has 0 aliphatic carbocycles. The van der Waals surface area contributed by atoms with E-state index >= 15 is 0 Å². The summed E-state index contributed by atoms with van der Waals surface area (Å²) in [6, 6.07) is 0. The molecule has 0 N–H and O–H groups in total. The minimum Gasteiger partial charge on any atom is -0.137 e. The fraction of sp³-hybridized carbons (Fsp3) is 0.500. The van der Waals surface area contributed by atoms with Crippen LogP contribution >= 0.6 is 8.43 Å². The summed E-state index contributed by atoms with van der Waals surface area (Å²) in [6.07, 6.45) is 0. The lowest BCUT2D eigenvalue weighted by molar-refractivity contribution is 0.0194.